The highest BCUT2D eigenvalue weighted by Crippen LogP contribution is 2.23. The molecule has 0 fully saturated rings. The molecule has 0 saturated carbocycles. The number of hydrogen-bond donors (Lipinski definition) is 1. The van der Waals surface area contributed by atoms with Crippen molar-refractivity contribution in [2.45, 2.75) is 0 Å². The Morgan fingerprint density at radius 1 is 1.62 bits per heavy atom. The summed E-state index contributed by atoms with van der Waals surface area (Å²) >= 11 is 8.71. The molecule has 0 aliphatic rings. The van der Waals surface area contributed by atoms with Gasteiger partial charge in [-0.05, 0) is 22.0 Å². The van der Waals surface area contributed by atoms with Gasteiger partial charge in [0.05, 0.1) is 17.0 Å². The van der Waals surface area contributed by atoms with Crippen molar-refractivity contribution in [1.82, 2.24) is 4.98 Å². The van der Waals surface area contributed by atoms with E-state index in [2.05, 4.69) is 25.6 Å². The number of pyridine rings is 1. The van der Waals surface area contributed by atoms with Crippen LogP contribution >= 0.6 is 27.5 Å². The lowest BCUT2D eigenvalue weighted by molar-refractivity contribution is 0.606. The van der Waals surface area contributed by atoms with Gasteiger partial charge in [-0.2, -0.15) is 0 Å². The lowest BCUT2D eigenvalue weighted by Crippen LogP contribution is -2.10. The van der Waals surface area contributed by atoms with Crippen LogP contribution in [0.15, 0.2) is 16.9 Å². The monoisotopic (exact) mass is 284 g/mol. The maximum atomic E-state index is 10.9. The second kappa shape index (κ2) is 3.81. The number of sulfonamides is 1. The molecule has 1 rings (SSSR count). The first kappa shape index (κ1) is 10.7. The molecule has 0 aromatic carbocycles. The number of nitrogens with one attached hydrogen (secondary N) is 1. The van der Waals surface area contributed by atoms with Crippen molar-refractivity contribution in [3.05, 3.63) is 21.9 Å². The third kappa shape index (κ3) is 3.50. The Hall–Kier alpha value is -0.330. The summed E-state index contributed by atoms with van der Waals surface area (Å²) in [7, 11) is -3.30. The van der Waals surface area contributed by atoms with Gasteiger partial charge in [0.2, 0.25) is 10.0 Å². The molecule has 0 amide bonds. The van der Waals surface area contributed by atoms with Crippen LogP contribution in [0.3, 0.4) is 0 Å². The second-order valence-corrected chi connectivity index (χ2v) is 5.30. The summed E-state index contributed by atoms with van der Waals surface area (Å²) in [6.07, 6.45) is 2.47. The van der Waals surface area contributed by atoms with E-state index in [-0.39, 0.29) is 0 Å². The van der Waals surface area contributed by atoms with Crippen LogP contribution < -0.4 is 4.72 Å². The van der Waals surface area contributed by atoms with Gasteiger partial charge >= 0.3 is 0 Å². The highest BCUT2D eigenvalue weighted by Gasteiger charge is 2.06. The average molecular weight is 286 g/mol. The van der Waals surface area contributed by atoms with E-state index < -0.39 is 10.0 Å². The first-order chi connectivity index (χ1) is 5.88. The maximum Gasteiger partial charge on any atom is 0.229 e. The van der Waals surface area contributed by atoms with Crippen LogP contribution in [-0.2, 0) is 10.0 Å². The maximum absolute atomic E-state index is 10.9. The molecule has 0 radical (unpaired) electrons. The van der Waals surface area contributed by atoms with Crippen LogP contribution in [-0.4, -0.2) is 19.7 Å². The predicted octanol–water partition coefficient (Wildman–Crippen LogP) is 1.87. The molecule has 0 aliphatic heterocycles. The fourth-order valence-electron chi connectivity index (χ4n) is 0.694. The van der Waals surface area contributed by atoms with E-state index in [9.17, 15) is 8.42 Å². The molecule has 72 valence electrons. The summed E-state index contributed by atoms with van der Waals surface area (Å²) in [6, 6.07) is 1.47. The topological polar surface area (TPSA) is 59.1 Å². The van der Waals surface area contributed by atoms with Crippen molar-refractivity contribution in [2.24, 2.45) is 0 Å². The van der Waals surface area contributed by atoms with Gasteiger partial charge < -0.3 is 0 Å². The van der Waals surface area contributed by atoms with Gasteiger partial charge in [0.15, 0.2) is 0 Å². The fourth-order valence-corrected chi connectivity index (χ4v) is 1.85. The Morgan fingerprint density at radius 2 is 2.23 bits per heavy atom. The molecule has 0 bridgehead atoms. The molecule has 0 saturated heterocycles. The number of halogens is 2. The first-order valence-electron chi connectivity index (χ1n) is 3.17. The Morgan fingerprint density at radius 3 is 2.77 bits per heavy atom. The third-order valence-corrected chi connectivity index (χ3v) is 2.53. The molecule has 0 spiro atoms. The van der Waals surface area contributed by atoms with Crippen LogP contribution in [0.2, 0.25) is 5.02 Å². The Balaban J connectivity index is 3.08. The summed E-state index contributed by atoms with van der Waals surface area (Å²) in [5.41, 5.74) is 0.329. The van der Waals surface area contributed by atoms with Crippen molar-refractivity contribution >= 4 is 43.2 Å². The van der Waals surface area contributed by atoms with E-state index in [1.165, 1.54) is 12.3 Å². The summed E-state index contributed by atoms with van der Waals surface area (Å²) in [5.74, 6) is 0. The lowest BCUT2D eigenvalue weighted by Gasteiger charge is -2.05. The van der Waals surface area contributed by atoms with E-state index >= 15 is 0 Å². The largest absolute Gasteiger partial charge is 0.281 e. The van der Waals surface area contributed by atoms with Gasteiger partial charge in [-0.15, -0.1) is 0 Å². The van der Waals surface area contributed by atoms with Crippen molar-refractivity contribution < 1.29 is 8.42 Å². The predicted molar refractivity (Wildman–Crippen MR) is 55.4 cm³/mol. The second-order valence-electron chi connectivity index (χ2n) is 2.37. The summed E-state index contributed by atoms with van der Waals surface area (Å²) < 4.78 is 24.4. The van der Waals surface area contributed by atoms with Crippen molar-refractivity contribution in [2.75, 3.05) is 11.0 Å². The first-order valence-corrected chi connectivity index (χ1v) is 6.23. The Labute approximate surface area is 89.5 Å². The fraction of sp³-hybridized carbons (Fsp3) is 0.167. The molecule has 1 heterocycles. The van der Waals surface area contributed by atoms with Crippen LogP contribution in [0, 0.1) is 0 Å². The summed E-state index contributed by atoms with van der Waals surface area (Å²) in [5, 5.41) is 0.370. The molecule has 0 aliphatic carbocycles. The van der Waals surface area contributed by atoms with Gasteiger partial charge in [0, 0.05) is 6.20 Å². The Kier molecular flexibility index (Phi) is 3.15. The molecule has 0 unspecified atom stereocenters. The van der Waals surface area contributed by atoms with Crippen LogP contribution in [0.4, 0.5) is 5.69 Å². The number of nitrogens with zero attached hydrogens (tertiary/aromatic N) is 1. The van der Waals surface area contributed by atoms with Crippen molar-refractivity contribution in [3.63, 3.8) is 0 Å². The number of rotatable bonds is 2. The zero-order valence-corrected chi connectivity index (χ0v) is 9.74. The third-order valence-electron chi connectivity index (χ3n) is 1.10. The molecule has 0 atom stereocenters. The standard InChI is InChI=1S/C6H6BrClN2O2S/c1-13(11,12)10-5-2-4(8)3-9-6(5)7/h2-3,10H,1H3. The minimum atomic E-state index is -3.30. The molecule has 7 heteroatoms. The number of aromatic nitrogens is 1. The number of hydrogen-bond acceptors (Lipinski definition) is 3. The zero-order valence-electron chi connectivity index (χ0n) is 6.58. The molecule has 1 aromatic rings. The molecule has 4 nitrogen and oxygen atoms in total. The molecular formula is C6H6BrClN2O2S. The van der Waals surface area contributed by atoms with E-state index in [1.54, 1.807) is 0 Å². The highest BCUT2D eigenvalue weighted by atomic mass is 79.9. The lowest BCUT2D eigenvalue weighted by atomic mass is 10.4. The van der Waals surface area contributed by atoms with Crippen molar-refractivity contribution in [1.29, 1.82) is 0 Å². The minimum Gasteiger partial charge on any atom is -0.281 e. The van der Waals surface area contributed by atoms with Gasteiger partial charge in [-0.25, -0.2) is 13.4 Å². The number of anilines is 1. The van der Waals surface area contributed by atoms with E-state index in [4.69, 9.17) is 11.6 Å². The van der Waals surface area contributed by atoms with Crippen LogP contribution in [0.5, 0.6) is 0 Å². The SMILES string of the molecule is CS(=O)(=O)Nc1cc(Cl)cnc1Br. The minimum absolute atomic E-state index is 0.329. The van der Waals surface area contributed by atoms with Crippen LogP contribution in [0.1, 0.15) is 0 Å². The molecular weight excluding hydrogens is 280 g/mol. The summed E-state index contributed by atoms with van der Waals surface area (Å²) in [4.78, 5) is 3.82. The van der Waals surface area contributed by atoms with Gasteiger partial charge in [-0.1, -0.05) is 11.6 Å². The quantitative estimate of drug-likeness (QED) is 0.844. The molecule has 1 N–H and O–H groups in total. The summed E-state index contributed by atoms with van der Waals surface area (Å²) in [6.45, 7) is 0. The Bertz CT molecular complexity index is 421. The smallest absolute Gasteiger partial charge is 0.229 e. The normalized spacial score (nSPS) is 11.3. The van der Waals surface area contributed by atoms with Gasteiger partial charge in [0.1, 0.15) is 4.60 Å². The van der Waals surface area contributed by atoms with Crippen LogP contribution in [0.25, 0.3) is 0 Å². The average Bonchev–Trinajstić information content (AvgIpc) is 1.94. The van der Waals surface area contributed by atoms with E-state index in [0.717, 1.165) is 6.26 Å². The zero-order chi connectivity index (χ0) is 10.1. The molecule has 1 aromatic heterocycles. The van der Waals surface area contributed by atoms with E-state index in [1.807, 2.05) is 0 Å². The van der Waals surface area contributed by atoms with E-state index in [0.29, 0.717) is 15.3 Å². The molecule has 13 heavy (non-hydrogen) atoms. The van der Waals surface area contributed by atoms with Crippen molar-refractivity contribution in [3.8, 4) is 0 Å². The van der Waals surface area contributed by atoms with Gasteiger partial charge in [-0.3, -0.25) is 4.72 Å². The van der Waals surface area contributed by atoms with Gasteiger partial charge in [0.25, 0.3) is 0 Å². The highest BCUT2D eigenvalue weighted by molar-refractivity contribution is 9.10.